The zero-order valence-electron chi connectivity index (χ0n) is 14.8. The second-order valence-electron chi connectivity index (χ2n) is 5.75. The Morgan fingerprint density at radius 2 is 2.08 bits per heavy atom. The molecule has 138 valence electrons. The number of pyridine rings is 1. The average molecular weight is 358 g/mol. The van der Waals surface area contributed by atoms with Crippen molar-refractivity contribution in [3.05, 3.63) is 29.6 Å². The first-order valence-corrected chi connectivity index (χ1v) is 8.41. The monoisotopic (exact) mass is 358 g/mol. The zero-order chi connectivity index (χ0) is 18.5. The third kappa shape index (κ3) is 3.52. The van der Waals surface area contributed by atoms with Crippen molar-refractivity contribution >= 4 is 17.0 Å². The van der Waals surface area contributed by atoms with Crippen LogP contribution in [0.4, 0.5) is 5.82 Å². The lowest BCUT2D eigenvalue weighted by molar-refractivity contribution is 0.279. The molecule has 0 bridgehead atoms. The number of aromatic nitrogens is 5. The Morgan fingerprint density at radius 3 is 2.81 bits per heavy atom. The van der Waals surface area contributed by atoms with E-state index in [1.807, 2.05) is 6.07 Å². The van der Waals surface area contributed by atoms with Crippen LogP contribution in [-0.4, -0.2) is 43.3 Å². The number of aliphatic hydroxyl groups excluding tert-OH is 1. The molecule has 0 atom stereocenters. The summed E-state index contributed by atoms with van der Waals surface area (Å²) in [6, 6.07) is 2.40. The Hall–Kier alpha value is -2.94. The highest BCUT2D eigenvalue weighted by molar-refractivity contribution is 5.83. The van der Waals surface area contributed by atoms with Crippen LogP contribution in [0.2, 0.25) is 0 Å². The second-order valence-corrected chi connectivity index (χ2v) is 5.75. The maximum absolute atomic E-state index is 9.53. The van der Waals surface area contributed by atoms with Crippen LogP contribution in [0.5, 0.6) is 12.0 Å². The standard InChI is InChI=1S/C17H22N6O3/c1-3-4-7-26-16-21-14(18)13-15(22-16)23(17(20-13)25-2)9-11-5-6-19-8-12(11)10-24/h5-6,8,24H,3-4,7,9-10H2,1-2H3,(H2,18,21,22). The van der Waals surface area contributed by atoms with Crippen LogP contribution >= 0.6 is 0 Å². The zero-order valence-corrected chi connectivity index (χ0v) is 14.8. The second kappa shape index (κ2) is 7.96. The molecule has 9 nitrogen and oxygen atoms in total. The topological polar surface area (TPSA) is 121 Å². The van der Waals surface area contributed by atoms with Crippen molar-refractivity contribution < 1.29 is 14.6 Å². The molecule has 0 fully saturated rings. The number of methoxy groups -OCH3 is 1. The van der Waals surface area contributed by atoms with Gasteiger partial charge >= 0.3 is 6.01 Å². The van der Waals surface area contributed by atoms with Crippen LogP contribution < -0.4 is 15.2 Å². The van der Waals surface area contributed by atoms with Crippen LogP contribution in [0.25, 0.3) is 11.2 Å². The Bertz CT molecular complexity index is 896. The minimum atomic E-state index is -0.110. The van der Waals surface area contributed by atoms with E-state index in [2.05, 4.69) is 26.9 Å². The van der Waals surface area contributed by atoms with E-state index in [9.17, 15) is 5.11 Å². The van der Waals surface area contributed by atoms with Crippen molar-refractivity contribution in [2.45, 2.75) is 32.9 Å². The third-order valence-corrected chi connectivity index (χ3v) is 3.98. The maximum Gasteiger partial charge on any atom is 0.320 e. The number of rotatable bonds is 8. The largest absolute Gasteiger partial charge is 0.468 e. The summed E-state index contributed by atoms with van der Waals surface area (Å²) < 4.78 is 12.7. The van der Waals surface area contributed by atoms with Gasteiger partial charge in [0, 0.05) is 18.0 Å². The average Bonchev–Trinajstić information content (AvgIpc) is 3.01. The molecule has 0 unspecified atom stereocenters. The number of fused-ring (bicyclic) bond motifs is 1. The molecule has 3 aromatic rings. The number of ether oxygens (including phenoxy) is 2. The molecule has 0 saturated heterocycles. The highest BCUT2D eigenvalue weighted by atomic mass is 16.5. The first kappa shape index (κ1) is 17.9. The van der Waals surface area contributed by atoms with Gasteiger partial charge in [-0.2, -0.15) is 15.0 Å². The molecule has 0 aliphatic heterocycles. The molecular formula is C17H22N6O3. The Morgan fingerprint density at radius 1 is 1.23 bits per heavy atom. The number of nitrogens with two attached hydrogens (primary N) is 1. The molecule has 0 aliphatic carbocycles. The lowest BCUT2D eigenvalue weighted by atomic mass is 10.1. The normalized spacial score (nSPS) is 11.0. The van der Waals surface area contributed by atoms with Crippen molar-refractivity contribution in [3.63, 3.8) is 0 Å². The molecule has 0 amide bonds. The van der Waals surface area contributed by atoms with Crippen LogP contribution in [-0.2, 0) is 13.2 Å². The number of nitrogen functional groups attached to an aromatic ring is 1. The highest BCUT2D eigenvalue weighted by Crippen LogP contribution is 2.26. The maximum atomic E-state index is 9.53. The quantitative estimate of drug-likeness (QED) is 0.582. The SMILES string of the molecule is CCCCOc1nc(N)c2nc(OC)n(Cc3ccncc3CO)c2n1. The Balaban J connectivity index is 2.04. The number of hydrogen-bond acceptors (Lipinski definition) is 8. The molecule has 3 heterocycles. The molecule has 26 heavy (non-hydrogen) atoms. The number of aliphatic hydroxyl groups is 1. The predicted octanol–water partition coefficient (Wildman–Crippen LogP) is 1.53. The van der Waals surface area contributed by atoms with Gasteiger partial charge in [0.2, 0.25) is 0 Å². The van der Waals surface area contributed by atoms with Gasteiger partial charge in [-0.05, 0) is 18.1 Å². The molecule has 3 N–H and O–H groups in total. The summed E-state index contributed by atoms with van der Waals surface area (Å²) in [5.74, 6) is 0.232. The van der Waals surface area contributed by atoms with Crippen molar-refractivity contribution in [1.82, 2.24) is 24.5 Å². The predicted molar refractivity (Wildman–Crippen MR) is 96.0 cm³/mol. The van der Waals surface area contributed by atoms with E-state index in [0.717, 1.165) is 24.0 Å². The Kier molecular flexibility index (Phi) is 5.47. The molecule has 0 saturated carbocycles. The summed E-state index contributed by atoms with van der Waals surface area (Å²) in [4.78, 5) is 17.0. The summed E-state index contributed by atoms with van der Waals surface area (Å²) in [7, 11) is 1.53. The molecule has 9 heteroatoms. The summed E-state index contributed by atoms with van der Waals surface area (Å²) in [5, 5.41) is 9.53. The van der Waals surface area contributed by atoms with E-state index in [-0.39, 0.29) is 18.4 Å². The van der Waals surface area contributed by atoms with Crippen molar-refractivity contribution in [2.24, 2.45) is 0 Å². The smallest absolute Gasteiger partial charge is 0.320 e. The van der Waals surface area contributed by atoms with Crippen LogP contribution in [0.3, 0.4) is 0 Å². The number of hydrogen-bond donors (Lipinski definition) is 2. The summed E-state index contributed by atoms with van der Waals surface area (Å²) in [5.41, 5.74) is 8.60. The van der Waals surface area contributed by atoms with Gasteiger partial charge in [-0.1, -0.05) is 13.3 Å². The lowest BCUT2D eigenvalue weighted by Gasteiger charge is -2.11. The molecule has 0 aromatic carbocycles. The molecule has 0 spiro atoms. The Labute approximate surface area is 150 Å². The van der Waals surface area contributed by atoms with E-state index < -0.39 is 0 Å². The van der Waals surface area contributed by atoms with Crippen molar-refractivity contribution in [1.29, 1.82) is 0 Å². The molecule has 3 aromatic heterocycles. The van der Waals surface area contributed by atoms with E-state index in [1.54, 1.807) is 17.0 Å². The van der Waals surface area contributed by atoms with Gasteiger partial charge in [-0.25, -0.2) is 0 Å². The third-order valence-electron chi connectivity index (χ3n) is 3.98. The van der Waals surface area contributed by atoms with E-state index in [0.29, 0.717) is 30.3 Å². The fourth-order valence-corrected chi connectivity index (χ4v) is 2.57. The van der Waals surface area contributed by atoms with Gasteiger partial charge in [0.1, 0.15) is 0 Å². The van der Waals surface area contributed by atoms with Crippen molar-refractivity contribution in [2.75, 3.05) is 19.5 Å². The first-order valence-electron chi connectivity index (χ1n) is 8.41. The number of unbranched alkanes of at least 4 members (excludes halogenated alkanes) is 1. The van der Waals surface area contributed by atoms with Gasteiger partial charge in [0.15, 0.2) is 17.0 Å². The fourth-order valence-electron chi connectivity index (χ4n) is 2.57. The first-order chi connectivity index (χ1) is 12.7. The number of anilines is 1. The van der Waals surface area contributed by atoms with Gasteiger partial charge in [-0.15, -0.1) is 0 Å². The van der Waals surface area contributed by atoms with E-state index >= 15 is 0 Å². The summed E-state index contributed by atoms with van der Waals surface area (Å²) >= 11 is 0. The van der Waals surface area contributed by atoms with Gasteiger partial charge in [-0.3, -0.25) is 9.55 Å². The molecular weight excluding hydrogens is 336 g/mol. The molecule has 3 rings (SSSR count). The van der Waals surface area contributed by atoms with E-state index in [1.165, 1.54) is 7.11 Å². The van der Waals surface area contributed by atoms with Crippen molar-refractivity contribution in [3.8, 4) is 12.0 Å². The molecule has 0 aliphatic rings. The molecule has 0 radical (unpaired) electrons. The van der Waals surface area contributed by atoms with E-state index in [4.69, 9.17) is 15.2 Å². The van der Waals surface area contributed by atoms with Gasteiger partial charge < -0.3 is 20.3 Å². The summed E-state index contributed by atoms with van der Waals surface area (Å²) in [6.07, 6.45) is 5.21. The highest BCUT2D eigenvalue weighted by Gasteiger charge is 2.19. The summed E-state index contributed by atoms with van der Waals surface area (Å²) in [6.45, 7) is 2.88. The fraction of sp³-hybridized carbons (Fsp3) is 0.412. The minimum absolute atomic E-state index is 0.110. The van der Waals surface area contributed by atoms with Crippen LogP contribution in [0.15, 0.2) is 18.5 Å². The van der Waals surface area contributed by atoms with Gasteiger partial charge in [0.05, 0.1) is 26.9 Å². The van der Waals surface area contributed by atoms with Crippen LogP contribution in [0.1, 0.15) is 30.9 Å². The number of nitrogens with zero attached hydrogens (tertiary/aromatic N) is 5. The van der Waals surface area contributed by atoms with Gasteiger partial charge in [0.25, 0.3) is 6.01 Å². The number of imidazole rings is 1. The lowest BCUT2D eigenvalue weighted by Crippen LogP contribution is -2.08. The van der Waals surface area contributed by atoms with Crippen LogP contribution in [0, 0.1) is 0 Å². The minimum Gasteiger partial charge on any atom is -0.468 e.